The Kier molecular flexibility index (Phi) is 6.44. The summed E-state index contributed by atoms with van der Waals surface area (Å²) >= 11 is 0. The van der Waals surface area contributed by atoms with Gasteiger partial charge in [0.15, 0.2) is 0 Å². The van der Waals surface area contributed by atoms with Crippen LogP contribution in [0.15, 0.2) is 24.3 Å². The van der Waals surface area contributed by atoms with Gasteiger partial charge in [0.2, 0.25) is 5.91 Å². The summed E-state index contributed by atoms with van der Waals surface area (Å²) in [6, 6.07) is 4.68. The minimum absolute atomic E-state index is 0. The number of amides is 1. The van der Waals surface area contributed by atoms with E-state index >= 15 is 0 Å². The Morgan fingerprint density at radius 2 is 2.10 bits per heavy atom. The van der Waals surface area contributed by atoms with Crippen molar-refractivity contribution < 1.29 is 22.7 Å². The highest BCUT2D eigenvalue weighted by atomic mass is 35.5. The zero-order chi connectivity index (χ0) is 14.6. The van der Waals surface area contributed by atoms with E-state index in [1.807, 2.05) is 0 Å². The van der Waals surface area contributed by atoms with E-state index in [1.165, 1.54) is 18.2 Å². The van der Waals surface area contributed by atoms with Crippen molar-refractivity contribution in [1.82, 2.24) is 10.6 Å². The van der Waals surface area contributed by atoms with Crippen molar-refractivity contribution in [2.75, 3.05) is 19.8 Å². The first kappa shape index (κ1) is 17.7. The molecule has 21 heavy (non-hydrogen) atoms. The third-order valence-electron chi connectivity index (χ3n) is 3.01. The standard InChI is InChI=1S/C13H15F3N2O2.ClH/c14-13(15,16)10-4-2-1-3-9(10)7-18-12(19)11-8-20-6-5-17-11;/h1-4,11,17H,5-8H2,(H,18,19);1H. The van der Waals surface area contributed by atoms with Gasteiger partial charge in [-0.15, -0.1) is 12.4 Å². The number of nitrogens with one attached hydrogen (secondary N) is 2. The fraction of sp³-hybridized carbons (Fsp3) is 0.462. The molecule has 8 heteroatoms. The number of halogens is 4. The van der Waals surface area contributed by atoms with Crippen molar-refractivity contribution in [3.8, 4) is 0 Å². The second-order valence-electron chi connectivity index (χ2n) is 4.45. The van der Waals surface area contributed by atoms with E-state index in [-0.39, 0.29) is 37.0 Å². The summed E-state index contributed by atoms with van der Waals surface area (Å²) < 4.78 is 43.5. The average molecular weight is 325 g/mol. The van der Waals surface area contributed by atoms with Gasteiger partial charge < -0.3 is 15.4 Å². The van der Waals surface area contributed by atoms with E-state index in [9.17, 15) is 18.0 Å². The Balaban J connectivity index is 0.00000220. The van der Waals surface area contributed by atoms with Crippen LogP contribution in [-0.2, 0) is 22.3 Å². The molecule has 118 valence electrons. The van der Waals surface area contributed by atoms with Crippen LogP contribution in [0, 0.1) is 0 Å². The predicted molar refractivity (Wildman–Crippen MR) is 73.1 cm³/mol. The Morgan fingerprint density at radius 3 is 2.71 bits per heavy atom. The van der Waals surface area contributed by atoms with Gasteiger partial charge in [0.05, 0.1) is 18.8 Å². The molecule has 2 rings (SSSR count). The molecule has 1 unspecified atom stereocenters. The largest absolute Gasteiger partial charge is 0.416 e. The number of hydrogen-bond acceptors (Lipinski definition) is 3. The van der Waals surface area contributed by atoms with Gasteiger partial charge in [-0.3, -0.25) is 4.79 Å². The topological polar surface area (TPSA) is 50.4 Å². The van der Waals surface area contributed by atoms with Gasteiger partial charge >= 0.3 is 6.18 Å². The third-order valence-corrected chi connectivity index (χ3v) is 3.01. The Hall–Kier alpha value is -1.31. The number of alkyl halides is 3. The van der Waals surface area contributed by atoms with Crippen LogP contribution >= 0.6 is 12.4 Å². The molecule has 1 atom stereocenters. The van der Waals surface area contributed by atoms with Crippen molar-refractivity contribution in [2.45, 2.75) is 18.8 Å². The monoisotopic (exact) mass is 324 g/mol. The molecule has 1 fully saturated rings. The normalized spacial score (nSPS) is 18.7. The molecule has 1 aromatic rings. The zero-order valence-electron chi connectivity index (χ0n) is 11.1. The summed E-state index contributed by atoms with van der Waals surface area (Å²) in [6.45, 7) is 1.15. The van der Waals surface area contributed by atoms with Gasteiger partial charge in [0, 0.05) is 13.1 Å². The van der Waals surface area contributed by atoms with Crippen molar-refractivity contribution in [1.29, 1.82) is 0 Å². The minimum atomic E-state index is -4.42. The van der Waals surface area contributed by atoms with Gasteiger partial charge in [0.1, 0.15) is 6.04 Å². The molecule has 0 spiro atoms. The third kappa shape index (κ3) is 4.87. The highest BCUT2D eigenvalue weighted by Crippen LogP contribution is 2.31. The van der Waals surface area contributed by atoms with Crippen molar-refractivity contribution in [3.63, 3.8) is 0 Å². The lowest BCUT2D eigenvalue weighted by atomic mass is 10.1. The van der Waals surface area contributed by atoms with Crippen LogP contribution in [0.25, 0.3) is 0 Å². The average Bonchev–Trinajstić information content (AvgIpc) is 2.45. The summed E-state index contributed by atoms with van der Waals surface area (Å²) in [5, 5.41) is 5.44. The lowest BCUT2D eigenvalue weighted by molar-refractivity contribution is -0.138. The molecular formula is C13H16ClF3N2O2. The number of benzene rings is 1. The summed E-state index contributed by atoms with van der Waals surface area (Å²) in [4.78, 5) is 11.8. The van der Waals surface area contributed by atoms with Crippen LogP contribution in [0.3, 0.4) is 0 Å². The summed E-state index contributed by atoms with van der Waals surface area (Å²) in [5.41, 5.74) is -0.682. The van der Waals surface area contributed by atoms with E-state index in [4.69, 9.17) is 4.74 Å². The smallest absolute Gasteiger partial charge is 0.378 e. The molecule has 1 amide bonds. The van der Waals surface area contributed by atoms with Crippen LogP contribution < -0.4 is 10.6 Å². The fourth-order valence-corrected chi connectivity index (χ4v) is 1.99. The molecule has 1 aromatic carbocycles. The van der Waals surface area contributed by atoms with Gasteiger partial charge in [-0.2, -0.15) is 13.2 Å². The molecule has 0 saturated carbocycles. The molecule has 1 heterocycles. The second kappa shape index (κ2) is 7.63. The highest BCUT2D eigenvalue weighted by molar-refractivity contribution is 5.85. The van der Waals surface area contributed by atoms with Gasteiger partial charge in [-0.05, 0) is 11.6 Å². The van der Waals surface area contributed by atoms with E-state index in [0.717, 1.165) is 6.07 Å². The molecule has 1 aliphatic rings. The Bertz CT molecular complexity index is 477. The van der Waals surface area contributed by atoms with Gasteiger partial charge in [-0.25, -0.2) is 0 Å². The molecular weight excluding hydrogens is 309 g/mol. The maximum atomic E-state index is 12.8. The lowest BCUT2D eigenvalue weighted by Crippen LogP contribution is -2.51. The molecule has 1 saturated heterocycles. The van der Waals surface area contributed by atoms with Crippen LogP contribution in [0.4, 0.5) is 13.2 Å². The lowest BCUT2D eigenvalue weighted by Gasteiger charge is -2.23. The van der Waals surface area contributed by atoms with Crippen LogP contribution in [0.5, 0.6) is 0 Å². The maximum absolute atomic E-state index is 12.8. The molecule has 1 aliphatic heterocycles. The van der Waals surface area contributed by atoms with Crippen LogP contribution in [0.2, 0.25) is 0 Å². The van der Waals surface area contributed by atoms with E-state index in [1.54, 1.807) is 0 Å². The molecule has 0 radical (unpaired) electrons. The zero-order valence-corrected chi connectivity index (χ0v) is 11.9. The summed E-state index contributed by atoms with van der Waals surface area (Å²) in [5.74, 6) is -0.360. The number of hydrogen-bond donors (Lipinski definition) is 2. The first-order chi connectivity index (χ1) is 9.48. The Morgan fingerprint density at radius 1 is 1.38 bits per heavy atom. The van der Waals surface area contributed by atoms with E-state index in [2.05, 4.69) is 10.6 Å². The maximum Gasteiger partial charge on any atom is 0.416 e. The molecule has 0 aliphatic carbocycles. The SMILES string of the molecule is Cl.O=C(NCc1ccccc1C(F)(F)F)C1COCCN1. The molecule has 0 bridgehead atoms. The quantitative estimate of drug-likeness (QED) is 0.890. The van der Waals surface area contributed by atoms with Crippen molar-refractivity contribution >= 4 is 18.3 Å². The van der Waals surface area contributed by atoms with Gasteiger partial charge in [0.25, 0.3) is 0 Å². The predicted octanol–water partition coefficient (Wildman–Crippen LogP) is 1.73. The molecule has 0 aromatic heterocycles. The number of ether oxygens (including phenoxy) is 1. The van der Waals surface area contributed by atoms with Crippen LogP contribution in [0.1, 0.15) is 11.1 Å². The number of carbonyl (C=O) groups excluding carboxylic acids is 1. The number of morpholine rings is 1. The van der Waals surface area contributed by atoms with Crippen molar-refractivity contribution in [2.24, 2.45) is 0 Å². The Labute approximate surface area is 126 Å². The van der Waals surface area contributed by atoms with Crippen molar-refractivity contribution in [3.05, 3.63) is 35.4 Å². The van der Waals surface area contributed by atoms with E-state index in [0.29, 0.717) is 13.2 Å². The first-order valence-corrected chi connectivity index (χ1v) is 6.22. The highest BCUT2D eigenvalue weighted by Gasteiger charge is 2.33. The first-order valence-electron chi connectivity index (χ1n) is 6.22. The number of rotatable bonds is 3. The summed E-state index contributed by atoms with van der Waals surface area (Å²) in [7, 11) is 0. The number of carbonyl (C=O) groups is 1. The molecule has 2 N–H and O–H groups in total. The van der Waals surface area contributed by atoms with Crippen LogP contribution in [-0.4, -0.2) is 31.7 Å². The fourth-order valence-electron chi connectivity index (χ4n) is 1.99. The molecule has 4 nitrogen and oxygen atoms in total. The van der Waals surface area contributed by atoms with E-state index < -0.39 is 17.8 Å². The summed E-state index contributed by atoms with van der Waals surface area (Å²) in [6.07, 6.45) is -4.42. The van der Waals surface area contributed by atoms with Gasteiger partial charge in [-0.1, -0.05) is 18.2 Å². The second-order valence-corrected chi connectivity index (χ2v) is 4.45. The minimum Gasteiger partial charge on any atom is -0.378 e.